The van der Waals surface area contributed by atoms with Crippen molar-refractivity contribution in [3.63, 3.8) is 0 Å². The standard InChI is InChI=1S/C14H15BrN2O2S/c1-3-11-5-7-14(20-11)9(2)16-10-4-6-12(15)13(8-10)17(18)19/h4-9,16H,3H2,1-2H3. The fourth-order valence-electron chi connectivity index (χ4n) is 1.88. The third-order valence-electron chi connectivity index (χ3n) is 2.98. The first-order valence-corrected chi connectivity index (χ1v) is 7.91. The zero-order valence-electron chi connectivity index (χ0n) is 11.2. The molecule has 0 fully saturated rings. The molecular formula is C14H15BrN2O2S. The second-order valence-corrected chi connectivity index (χ2v) is 6.50. The van der Waals surface area contributed by atoms with Gasteiger partial charge in [0.15, 0.2) is 0 Å². The second kappa shape index (κ2) is 6.37. The Kier molecular flexibility index (Phi) is 4.77. The molecule has 0 aliphatic rings. The molecule has 6 heteroatoms. The number of halogens is 1. The lowest BCUT2D eigenvalue weighted by Gasteiger charge is -2.13. The predicted octanol–water partition coefficient (Wildman–Crippen LogP) is 5.15. The van der Waals surface area contributed by atoms with Crippen molar-refractivity contribution in [3.8, 4) is 0 Å². The van der Waals surface area contributed by atoms with Gasteiger partial charge in [-0.1, -0.05) is 6.92 Å². The Morgan fingerprint density at radius 1 is 1.40 bits per heavy atom. The van der Waals surface area contributed by atoms with E-state index in [0.29, 0.717) is 4.47 Å². The summed E-state index contributed by atoms with van der Waals surface area (Å²) >= 11 is 4.96. The van der Waals surface area contributed by atoms with Crippen LogP contribution < -0.4 is 5.32 Å². The van der Waals surface area contributed by atoms with Crippen molar-refractivity contribution >= 4 is 38.6 Å². The topological polar surface area (TPSA) is 55.2 Å². The molecule has 0 spiro atoms. The maximum atomic E-state index is 10.9. The van der Waals surface area contributed by atoms with Gasteiger partial charge in [-0.3, -0.25) is 10.1 Å². The Labute approximate surface area is 130 Å². The van der Waals surface area contributed by atoms with Gasteiger partial charge in [0.05, 0.1) is 15.4 Å². The molecule has 0 saturated heterocycles. The first-order chi connectivity index (χ1) is 9.51. The lowest BCUT2D eigenvalue weighted by molar-refractivity contribution is -0.385. The molecule has 0 aliphatic heterocycles. The van der Waals surface area contributed by atoms with Gasteiger partial charge in [-0.25, -0.2) is 0 Å². The van der Waals surface area contributed by atoms with E-state index in [-0.39, 0.29) is 16.7 Å². The summed E-state index contributed by atoms with van der Waals surface area (Å²) in [5, 5.41) is 14.2. The number of nitrogens with one attached hydrogen (secondary N) is 1. The number of thiophene rings is 1. The number of nitro groups is 1. The van der Waals surface area contributed by atoms with Crippen molar-refractivity contribution in [2.75, 3.05) is 5.32 Å². The number of nitro benzene ring substituents is 1. The first-order valence-electron chi connectivity index (χ1n) is 6.30. The molecule has 0 bridgehead atoms. The fraction of sp³-hybridized carbons (Fsp3) is 0.286. The van der Waals surface area contributed by atoms with E-state index in [1.54, 1.807) is 23.5 Å². The van der Waals surface area contributed by atoms with Crippen LogP contribution in [0, 0.1) is 10.1 Å². The monoisotopic (exact) mass is 354 g/mol. The molecule has 1 N–H and O–H groups in total. The number of hydrogen-bond acceptors (Lipinski definition) is 4. The number of nitrogens with zero attached hydrogens (tertiary/aromatic N) is 1. The Balaban J connectivity index is 2.17. The van der Waals surface area contributed by atoms with Crippen molar-refractivity contribution < 1.29 is 4.92 Å². The van der Waals surface area contributed by atoms with Crippen LogP contribution in [0.5, 0.6) is 0 Å². The third-order valence-corrected chi connectivity index (χ3v) is 5.07. The van der Waals surface area contributed by atoms with Gasteiger partial charge < -0.3 is 5.32 Å². The van der Waals surface area contributed by atoms with Gasteiger partial charge in [-0.15, -0.1) is 11.3 Å². The van der Waals surface area contributed by atoms with Gasteiger partial charge in [0.2, 0.25) is 0 Å². The quantitative estimate of drug-likeness (QED) is 0.596. The van der Waals surface area contributed by atoms with E-state index in [1.165, 1.54) is 9.75 Å². The van der Waals surface area contributed by atoms with Crippen LogP contribution in [0.3, 0.4) is 0 Å². The number of aryl methyl sites for hydroxylation is 1. The molecule has 2 aromatic rings. The maximum Gasteiger partial charge on any atom is 0.285 e. The average Bonchev–Trinajstić information content (AvgIpc) is 2.89. The van der Waals surface area contributed by atoms with Gasteiger partial charge in [0.1, 0.15) is 0 Å². The van der Waals surface area contributed by atoms with Crippen molar-refractivity contribution in [3.05, 3.63) is 54.7 Å². The summed E-state index contributed by atoms with van der Waals surface area (Å²) in [6.07, 6.45) is 1.03. The molecular weight excluding hydrogens is 340 g/mol. The van der Waals surface area contributed by atoms with Crippen LogP contribution in [0.1, 0.15) is 29.6 Å². The third kappa shape index (κ3) is 3.37. The minimum Gasteiger partial charge on any atom is -0.378 e. The van der Waals surface area contributed by atoms with E-state index in [1.807, 2.05) is 6.07 Å². The Hall–Kier alpha value is -1.40. The molecule has 1 atom stereocenters. The minimum atomic E-state index is -0.389. The molecule has 4 nitrogen and oxygen atoms in total. The minimum absolute atomic E-state index is 0.0719. The van der Waals surface area contributed by atoms with Gasteiger partial charge in [0, 0.05) is 21.5 Å². The molecule has 1 aromatic heterocycles. The zero-order valence-corrected chi connectivity index (χ0v) is 13.6. The van der Waals surface area contributed by atoms with Crippen LogP contribution in [0.15, 0.2) is 34.8 Å². The summed E-state index contributed by atoms with van der Waals surface area (Å²) < 4.78 is 0.491. The summed E-state index contributed by atoms with van der Waals surface area (Å²) in [6.45, 7) is 4.19. The average molecular weight is 355 g/mol. The van der Waals surface area contributed by atoms with E-state index in [0.717, 1.165) is 12.1 Å². The summed E-state index contributed by atoms with van der Waals surface area (Å²) in [7, 11) is 0. The van der Waals surface area contributed by atoms with Crippen LogP contribution in [-0.4, -0.2) is 4.92 Å². The SMILES string of the molecule is CCc1ccc(C(C)Nc2ccc(Br)c([N+](=O)[O-])c2)s1. The van der Waals surface area contributed by atoms with Crippen LogP contribution in [0.4, 0.5) is 11.4 Å². The van der Waals surface area contributed by atoms with Crippen LogP contribution in [-0.2, 0) is 6.42 Å². The normalized spacial score (nSPS) is 12.2. The fourth-order valence-corrected chi connectivity index (χ4v) is 3.23. The lowest BCUT2D eigenvalue weighted by Crippen LogP contribution is -2.05. The van der Waals surface area contributed by atoms with Gasteiger partial charge >= 0.3 is 0 Å². The molecule has 2 rings (SSSR count). The lowest BCUT2D eigenvalue weighted by atomic mass is 10.2. The molecule has 0 saturated carbocycles. The largest absolute Gasteiger partial charge is 0.378 e. The highest BCUT2D eigenvalue weighted by Gasteiger charge is 2.14. The molecule has 106 valence electrons. The molecule has 1 unspecified atom stereocenters. The predicted molar refractivity (Wildman–Crippen MR) is 86.5 cm³/mol. The van der Waals surface area contributed by atoms with Crippen molar-refractivity contribution in [1.29, 1.82) is 0 Å². The summed E-state index contributed by atoms with van der Waals surface area (Å²) in [4.78, 5) is 13.1. The number of benzene rings is 1. The summed E-state index contributed by atoms with van der Waals surface area (Å²) in [6, 6.07) is 9.44. The zero-order chi connectivity index (χ0) is 14.7. The molecule has 1 heterocycles. The van der Waals surface area contributed by atoms with E-state index in [2.05, 4.69) is 47.2 Å². The second-order valence-electron chi connectivity index (χ2n) is 4.45. The molecule has 20 heavy (non-hydrogen) atoms. The first kappa shape index (κ1) is 15.0. The number of rotatable bonds is 5. The van der Waals surface area contributed by atoms with E-state index < -0.39 is 0 Å². The molecule has 0 aliphatic carbocycles. The Morgan fingerprint density at radius 3 is 2.75 bits per heavy atom. The van der Waals surface area contributed by atoms with E-state index in [9.17, 15) is 10.1 Å². The molecule has 0 radical (unpaired) electrons. The van der Waals surface area contributed by atoms with Crippen molar-refractivity contribution in [2.24, 2.45) is 0 Å². The van der Waals surface area contributed by atoms with Crippen molar-refractivity contribution in [1.82, 2.24) is 0 Å². The maximum absolute atomic E-state index is 10.9. The van der Waals surface area contributed by atoms with Crippen molar-refractivity contribution in [2.45, 2.75) is 26.3 Å². The number of hydrogen-bond donors (Lipinski definition) is 1. The molecule has 1 aromatic carbocycles. The summed E-state index contributed by atoms with van der Waals surface area (Å²) in [5.74, 6) is 0. The van der Waals surface area contributed by atoms with E-state index >= 15 is 0 Å². The highest BCUT2D eigenvalue weighted by molar-refractivity contribution is 9.10. The van der Waals surface area contributed by atoms with Crippen LogP contribution in [0.25, 0.3) is 0 Å². The van der Waals surface area contributed by atoms with Gasteiger partial charge in [-0.05, 0) is 53.5 Å². The highest BCUT2D eigenvalue weighted by atomic mass is 79.9. The smallest absolute Gasteiger partial charge is 0.285 e. The Bertz CT molecular complexity index is 627. The van der Waals surface area contributed by atoms with Gasteiger partial charge in [-0.2, -0.15) is 0 Å². The van der Waals surface area contributed by atoms with Gasteiger partial charge in [0.25, 0.3) is 5.69 Å². The Morgan fingerprint density at radius 2 is 2.15 bits per heavy atom. The van der Waals surface area contributed by atoms with E-state index in [4.69, 9.17) is 0 Å². The van der Waals surface area contributed by atoms with Crippen LogP contribution >= 0.6 is 27.3 Å². The van der Waals surface area contributed by atoms with Crippen LogP contribution in [0.2, 0.25) is 0 Å². The highest BCUT2D eigenvalue weighted by Crippen LogP contribution is 2.31. The summed E-state index contributed by atoms with van der Waals surface area (Å²) in [5.41, 5.74) is 0.821. The molecule has 0 amide bonds. The number of anilines is 1.